The van der Waals surface area contributed by atoms with E-state index in [9.17, 15) is 4.79 Å². The lowest BCUT2D eigenvalue weighted by Crippen LogP contribution is -2.44. The normalized spacial score (nSPS) is 17.8. The fourth-order valence-corrected chi connectivity index (χ4v) is 4.99. The summed E-state index contributed by atoms with van der Waals surface area (Å²) in [7, 11) is 0. The second-order valence-corrected chi connectivity index (χ2v) is 9.99. The van der Waals surface area contributed by atoms with Crippen LogP contribution in [0.3, 0.4) is 0 Å². The molecule has 4 aromatic heterocycles. The molecule has 0 spiro atoms. The number of H-pyrrole nitrogens is 1. The van der Waals surface area contributed by atoms with Gasteiger partial charge < -0.3 is 20.3 Å². The molecule has 2 saturated heterocycles. The third kappa shape index (κ3) is 6.56. The first-order chi connectivity index (χ1) is 20.1. The van der Waals surface area contributed by atoms with Crippen LogP contribution in [0, 0.1) is 0 Å². The Bertz CT molecular complexity index is 1480. The van der Waals surface area contributed by atoms with Crippen molar-refractivity contribution in [2.24, 2.45) is 0 Å². The average molecular weight is 557 g/mol. The quantitative estimate of drug-likeness (QED) is 0.259. The molecule has 2 aliphatic heterocycles. The van der Waals surface area contributed by atoms with Gasteiger partial charge in [0.1, 0.15) is 17.3 Å². The van der Waals surface area contributed by atoms with Crippen LogP contribution in [0.1, 0.15) is 18.4 Å². The molecule has 41 heavy (non-hydrogen) atoms. The number of hydrogen-bond acceptors (Lipinski definition) is 11. The van der Waals surface area contributed by atoms with Crippen molar-refractivity contribution in [3.05, 3.63) is 60.8 Å². The minimum atomic E-state index is -0.0447. The number of nitrogens with zero attached hydrogens (tertiary/aromatic N) is 9. The van der Waals surface area contributed by atoms with Gasteiger partial charge in [-0.15, -0.1) is 15.0 Å². The Morgan fingerprint density at radius 1 is 1.15 bits per heavy atom. The van der Waals surface area contributed by atoms with Crippen LogP contribution >= 0.6 is 0 Å². The number of piperidine rings is 1. The van der Waals surface area contributed by atoms with Crippen molar-refractivity contribution in [1.82, 2.24) is 50.2 Å². The summed E-state index contributed by atoms with van der Waals surface area (Å²) >= 11 is 0. The Morgan fingerprint density at radius 2 is 2.02 bits per heavy atom. The number of anilines is 3. The summed E-state index contributed by atoms with van der Waals surface area (Å²) in [5.74, 6) is 2.88. The first-order valence-corrected chi connectivity index (χ1v) is 13.7. The third-order valence-electron chi connectivity index (χ3n) is 7.00. The lowest BCUT2D eigenvalue weighted by molar-refractivity contribution is -0.127. The number of hydrogen-bond donors (Lipinski definition) is 3. The van der Waals surface area contributed by atoms with Crippen LogP contribution in [0.5, 0.6) is 0 Å². The fraction of sp³-hybridized carbons (Fsp3) is 0.370. The topological polar surface area (TPSA) is 155 Å². The fourth-order valence-electron chi connectivity index (χ4n) is 4.99. The summed E-state index contributed by atoms with van der Waals surface area (Å²) < 4.78 is 5.52. The Hall–Kier alpha value is -4.69. The van der Waals surface area contributed by atoms with Gasteiger partial charge in [-0.25, -0.2) is 9.97 Å². The maximum Gasteiger partial charge on any atom is 0.246 e. The number of rotatable bonds is 9. The Balaban J connectivity index is 1.20. The maximum atomic E-state index is 12.2. The van der Waals surface area contributed by atoms with Gasteiger partial charge >= 0.3 is 0 Å². The molecule has 0 unspecified atom stereocenters. The molecular formula is C27H32N12O2. The predicted octanol–water partition coefficient (Wildman–Crippen LogP) is 2.01. The minimum absolute atomic E-state index is 0.0447. The van der Waals surface area contributed by atoms with Gasteiger partial charge in [0.15, 0.2) is 11.6 Å². The van der Waals surface area contributed by atoms with E-state index in [1.165, 1.54) is 10.9 Å². The largest absolute Gasteiger partial charge is 0.379 e. The number of amides is 1. The molecule has 0 bridgehead atoms. The van der Waals surface area contributed by atoms with Gasteiger partial charge in [-0.1, -0.05) is 12.6 Å². The first kappa shape index (κ1) is 26.5. The molecule has 0 radical (unpaired) electrons. The van der Waals surface area contributed by atoms with Gasteiger partial charge in [-0.2, -0.15) is 5.10 Å². The molecule has 1 atom stereocenters. The Kier molecular flexibility index (Phi) is 7.91. The molecule has 0 saturated carbocycles. The molecule has 1 amide bonds. The van der Waals surface area contributed by atoms with E-state index in [2.05, 4.69) is 58.8 Å². The summed E-state index contributed by atoms with van der Waals surface area (Å²) in [6.07, 6.45) is 4.92. The molecule has 6 heterocycles. The maximum absolute atomic E-state index is 12.2. The summed E-state index contributed by atoms with van der Waals surface area (Å²) in [4.78, 5) is 26.8. The molecule has 6 rings (SSSR count). The van der Waals surface area contributed by atoms with E-state index in [1.54, 1.807) is 12.3 Å². The number of morpholine rings is 1. The van der Waals surface area contributed by atoms with Crippen LogP contribution in [0.4, 0.5) is 17.5 Å². The summed E-state index contributed by atoms with van der Waals surface area (Å²) in [6, 6.07) is 11.5. The minimum Gasteiger partial charge on any atom is -0.379 e. The predicted molar refractivity (Wildman–Crippen MR) is 152 cm³/mol. The second kappa shape index (κ2) is 12.2. The molecule has 0 aliphatic carbocycles. The highest BCUT2D eigenvalue weighted by atomic mass is 16.5. The van der Waals surface area contributed by atoms with Crippen molar-refractivity contribution >= 4 is 23.4 Å². The number of aromatic amines is 1. The van der Waals surface area contributed by atoms with Crippen molar-refractivity contribution in [3.63, 3.8) is 0 Å². The first-order valence-electron chi connectivity index (χ1n) is 13.7. The van der Waals surface area contributed by atoms with E-state index < -0.39 is 0 Å². The lowest BCUT2D eigenvalue weighted by atomic mass is 10.1. The molecule has 0 aromatic carbocycles. The van der Waals surface area contributed by atoms with Crippen LogP contribution in [0.25, 0.3) is 17.3 Å². The Labute approximate surface area is 236 Å². The molecule has 3 N–H and O–H groups in total. The lowest BCUT2D eigenvalue weighted by Gasteiger charge is -2.33. The Morgan fingerprint density at radius 3 is 2.85 bits per heavy atom. The zero-order valence-corrected chi connectivity index (χ0v) is 22.6. The van der Waals surface area contributed by atoms with Crippen molar-refractivity contribution < 1.29 is 9.53 Å². The van der Waals surface area contributed by atoms with Gasteiger partial charge in [-0.05, 0) is 54.0 Å². The molecule has 4 aromatic rings. The molecule has 14 nitrogen and oxygen atoms in total. The van der Waals surface area contributed by atoms with Crippen molar-refractivity contribution in [2.75, 3.05) is 50.0 Å². The second-order valence-electron chi connectivity index (χ2n) is 9.99. The monoisotopic (exact) mass is 556 g/mol. The number of carbonyl (C=O) groups excluding carboxylic acids is 1. The van der Waals surface area contributed by atoms with Gasteiger partial charge in [-0.3, -0.25) is 14.8 Å². The van der Waals surface area contributed by atoms with Crippen molar-refractivity contribution in [1.29, 1.82) is 0 Å². The SMILES string of the molecule is C=CC(=O)N1CCC[C@H](Nc2cc(CN3CCOCC3)cc(Nc3cc(-c4nnn(-c5ccccn5)n4)[nH]n3)n2)C1. The van der Waals surface area contributed by atoms with Crippen LogP contribution in [-0.4, -0.2) is 102 Å². The van der Waals surface area contributed by atoms with E-state index in [4.69, 9.17) is 9.72 Å². The van der Waals surface area contributed by atoms with Crippen LogP contribution in [0.2, 0.25) is 0 Å². The molecule has 2 fully saturated rings. The van der Waals surface area contributed by atoms with E-state index in [-0.39, 0.29) is 11.9 Å². The van der Waals surface area contributed by atoms with Crippen LogP contribution in [-0.2, 0) is 16.1 Å². The highest BCUT2D eigenvalue weighted by Crippen LogP contribution is 2.24. The van der Waals surface area contributed by atoms with Gasteiger partial charge in [0.2, 0.25) is 11.7 Å². The van der Waals surface area contributed by atoms with Gasteiger partial charge in [0.05, 0.1) is 13.2 Å². The molecule has 14 heteroatoms. The van der Waals surface area contributed by atoms with E-state index in [0.717, 1.165) is 63.6 Å². The number of aromatic nitrogens is 8. The van der Waals surface area contributed by atoms with Crippen LogP contribution in [0.15, 0.2) is 55.3 Å². The number of ether oxygens (including phenoxy) is 1. The number of nitrogens with one attached hydrogen (secondary N) is 3. The van der Waals surface area contributed by atoms with Gasteiger partial charge in [0, 0.05) is 51.0 Å². The summed E-state index contributed by atoms with van der Waals surface area (Å²) in [6.45, 7) is 8.97. The molecular weight excluding hydrogens is 524 g/mol. The smallest absolute Gasteiger partial charge is 0.246 e. The molecule has 2 aliphatic rings. The average Bonchev–Trinajstić information content (AvgIpc) is 3.68. The zero-order chi connectivity index (χ0) is 28.0. The van der Waals surface area contributed by atoms with Crippen molar-refractivity contribution in [3.8, 4) is 17.3 Å². The standard InChI is InChI=1S/C27H32N12O2/c1-2-26(40)38-9-5-6-20(18-38)29-22-14-19(17-37-10-12-41-13-11-37)15-23(30-22)31-24-16-21(32-33-24)27-34-36-39(35-27)25-7-3-4-8-28-25/h2-4,7-8,14-16,20H,1,5-6,9-13,17-18H2,(H3,29,30,31,32,33)/t20-/m0/s1. The van der Waals surface area contributed by atoms with Gasteiger partial charge in [0.25, 0.3) is 0 Å². The summed E-state index contributed by atoms with van der Waals surface area (Å²) in [5, 5.41) is 26.9. The zero-order valence-electron chi connectivity index (χ0n) is 22.6. The van der Waals surface area contributed by atoms with E-state index in [0.29, 0.717) is 35.5 Å². The highest BCUT2D eigenvalue weighted by Gasteiger charge is 2.23. The highest BCUT2D eigenvalue weighted by molar-refractivity contribution is 5.87. The summed E-state index contributed by atoms with van der Waals surface area (Å²) in [5.41, 5.74) is 1.71. The number of pyridine rings is 2. The van der Waals surface area contributed by atoms with Crippen LogP contribution < -0.4 is 10.6 Å². The van der Waals surface area contributed by atoms with Crippen molar-refractivity contribution in [2.45, 2.75) is 25.4 Å². The van der Waals surface area contributed by atoms with E-state index in [1.807, 2.05) is 29.2 Å². The number of likely N-dealkylation sites (tertiary alicyclic amines) is 1. The number of carbonyl (C=O) groups is 1. The third-order valence-corrected chi connectivity index (χ3v) is 7.00. The number of tetrazole rings is 1. The molecule has 212 valence electrons. The van der Waals surface area contributed by atoms with E-state index >= 15 is 0 Å².